The average molecular weight is 598 g/mol. The van der Waals surface area contributed by atoms with Gasteiger partial charge in [-0.15, -0.1) is 0 Å². The Labute approximate surface area is 249 Å². The molecule has 0 aliphatic carbocycles. The van der Waals surface area contributed by atoms with Crippen molar-refractivity contribution in [2.75, 3.05) is 23.7 Å². The third-order valence-electron chi connectivity index (χ3n) is 6.70. The normalized spacial score (nSPS) is 12.1. The molecule has 220 valence electrons. The van der Waals surface area contributed by atoms with Crippen LogP contribution in [0.3, 0.4) is 0 Å². The second-order valence-electron chi connectivity index (χ2n) is 10.7. The highest BCUT2D eigenvalue weighted by Gasteiger charge is 2.31. The summed E-state index contributed by atoms with van der Waals surface area (Å²) in [7, 11) is -3.57. The van der Waals surface area contributed by atoms with Crippen LogP contribution in [0.25, 0.3) is 0 Å². The summed E-state index contributed by atoms with van der Waals surface area (Å²) in [5.41, 5.74) is 3.16. The van der Waals surface area contributed by atoms with Gasteiger partial charge >= 0.3 is 0 Å². The van der Waals surface area contributed by atoms with E-state index in [1.54, 1.807) is 17.0 Å². The number of carbonyl (C=O) groups is 2. The number of sulfonamides is 1. The number of amides is 2. The number of aryl methyl sites for hydroxylation is 1. The SMILES string of the molecule is Cc1cccc(N(CCCC(=O)N(Cc2ccccc2Cl)[C@@H](Cc2ccccc2)C(=O)NCC(C)C)S(C)(=O)=O)c1. The van der Waals surface area contributed by atoms with Gasteiger partial charge in [0, 0.05) is 37.5 Å². The summed E-state index contributed by atoms with van der Waals surface area (Å²) in [4.78, 5) is 29.1. The number of nitrogens with zero attached hydrogens (tertiary/aromatic N) is 2. The Balaban J connectivity index is 1.89. The smallest absolute Gasteiger partial charge is 0.243 e. The molecule has 0 aromatic heterocycles. The van der Waals surface area contributed by atoms with Gasteiger partial charge in [0.05, 0.1) is 11.9 Å². The summed E-state index contributed by atoms with van der Waals surface area (Å²) in [6, 6.07) is 23.4. The first-order valence-corrected chi connectivity index (χ1v) is 16.1. The molecular formula is C32H40ClN3O4S. The predicted molar refractivity (Wildman–Crippen MR) is 166 cm³/mol. The average Bonchev–Trinajstić information content (AvgIpc) is 2.92. The van der Waals surface area contributed by atoms with Crippen molar-refractivity contribution in [1.82, 2.24) is 10.2 Å². The molecule has 0 spiro atoms. The summed E-state index contributed by atoms with van der Waals surface area (Å²) in [6.07, 6.45) is 1.84. The highest BCUT2D eigenvalue weighted by atomic mass is 35.5. The van der Waals surface area contributed by atoms with E-state index >= 15 is 0 Å². The van der Waals surface area contributed by atoms with Crippen LogP contribution in [0.15, 0.2) is 78.9 Å². The van der Waals surface area contributed by atoms with Gasteiger partial charge in [0.2, 0.25) is 21.8 Å². The molecule has 0 aliphatic rings. The van der Waals surface area contributed by atoms with E-state index in [9.17, 15) is 18.0 Å². The van der Waals surface area contributed by atoms with Gasteiger partial charge in [0.25, 0.3) is 0 Å². The largest absolute Gasteiger partial charge is 0.354 e. The van der Waals surface area contributed by atoms with E-state index in [0.717, 1.165) is 22.9 Å². The molecule has 0 aliphatic heterocycles. The highest BCUT2D eigenvalue weighted by molar-refractivity contribution is 7.92. The molecule has 0 heterocycles. The van der Waals surface area contributed by atoms with Gasteiger partial charge in [-0.3, -0.25) is 13.9 Å². The molecule has 41 heavy (non-hydrogen) atoms. The van der Waals surface area contributed by atoms with Crippen molar-refractivity contribution >= 4 is 39.1 Å². The van der Waals surface area contributed by atoms with Crippen LogP contribution in [-0.2, 0) is 32.6 Å². The fourth-order valence-electron chi connectivity index (χ4n) is 4.57. The quantitative estimate of drug-likeness (QED) is 0.262. The van der Waals surface area contributed by atoms with Crippen molar-refractivity contribution < 1.29 is 18.0 Å². The van der Waals surface area contributed by atoms with E-state index in [4.69, 9.17) is 11.6 Å². The number of benzene rings is 3. The van der Waals surface area contributed by atoms with E-state index in [1.165, 1.54) is 4.31 Å². The molecule has 0 unspecified atom stereocenters. The fraction of sp³-hybridized carbons (Fsp3) is 0.375. The Kier molecular flexibility index (Phi) is 11.8. The molecule has 9 heteroatoms. The van der Waals surface area contributed by atoms with Crippen LogP contribution in [0, 0.1) is 12.8 Å². The molecular weight excluding hydrogens is 558 g/mol. The third kappa shape index (κ3) is 9.90. The van der Waals surface area contributed by atoms with Gasteiger partial charge in [0.15, 0.2) is 0 Å². The summed E-state index contributed by atoms with van der Waals surface area (Å²) in [6.45, 7) is 6.70. The lowest BCUT2D eigenvalue weighted by Gasteiger charge is -2.32. The maximum atomic E-state index is 13.9. The highest BCUT2D eigenvalue weighted by Crippen LogP contribution is 2.23. The number of hydrogen-bond acceptors (Lipinski definition) is 4. The molecule has 0 saturated heterocycles. The molecule has 0 bridgehead atoms. The van der Waals surface area contributed by atoms with Crippen molar-refractivity contribution in [3.63, 3.8) is 0 Å². The Hall–Kier alpha value is -3.36. The first-order chi connectivity index (χ1) is 19.5. The van der Waals surface area contributed by atoms with E-state index in [0.29, 0.717) is 23.7 Å². The Morgan fingerprint density at radius 3 is 2.27 bits per heavy atom. The number of rotatable bonds is 14. The van der Waals surface area contributed by atoms with Crippen molar-refractivity contribution in [2.24, 2.45) is 5.92 Å². The van der Waals surface area contributed by atoms with Crippen molar-refractivity contribution in [1.29, 1.82) is 0 Å². The summed E-state index contributed by atoms with van der Waals surface area (Å²) < 4.78 is 26.6. The topological polar surface area (TPSA) is 86.8 Å². The van der Waals surface area contributed by atoms with Crippen molar-refractivity contribution in [3.05, 3.63) is 101 Å². The zero-order chi connectivity index (χ0) is 30.0. The number of carbonyl (C=O) groups excluding carboxylic acids is 2. The van der Waals surface area contributed by atoms with Crippen molar-refractivity contribution in [3.8, 4) is 0 Å². The number of halogens is 1. The third-order valence-corrected chi connectivity index (χ3v) is 8.26. The monoisotopic (exact) mass is 597 g/mol. The first kappa shape index (κ1) is 32.2. The van der Waals surface area contributed by atoms with E-state index in [1.807, 2.05) is 87.5 Å². The molecule has 2 amide bonds. The van der Waals surface area contributed by atoms with Gasteiger partial charge in [-0.2, -0.15) is 0 Å². The Bertz CT molecular complexity index is 1410. The molecule has 3 aromatic carbocycles. The second kappa shape index (κ2) is 15.0. The maximum absolute atomic E-state index is 13.9. The van der Waals surface area contributed by atoms with Gasteiger partial charge in [-0.1, -0.05) is 86.1 Å². The van der Waals surface area contributed by atoms with Gasteiger partial charge in [-0.05, 0) is 54.2 Å². The minimum absolute atomic E-state index is 0.0606. The summed E-state index contributed by atoms with van der Waals surface area (Å²) >= 11 is 6.48. The fourth-order valence-corrected chi connectivity index (χ4v) is 5.73. The standard InChI is InChI=1S/C32H40ClN3O4S/c1-24(2)22-34-32(38)30(21-26-13-6-5-7-14-26)35(23-27-15-8-9-17-29(27)33)31(37)18-11-19-36(41(4,39)40)28-16-10-12-25(3)20-28/h5-10,12-17,20,24,30H,11,18-19,21-23H2,1-4H3,(H,34,38)/t30-/m0/s1. The molecule has 0 saturated carbocycles. The van der Waals surface area contributed by atoms with E-state index in [2.05, 4.69) is 5.32 Å². The van der Waals surface area contributed by atoms with Gasteiger partial charge in [-0.25, -0.2) is 8.42 Å². The molecule has 1 N–H and O–H groups in total. The minimum atomic E-state index is -3.57. The van der Waals surface area contributed by atoms with Gasteiger partial charge in [0.1, 0.15) is 6.04 Å². The van der Waals surface area contributed by atoms with E-state index < -0.39 is 16.1 Å². The molecule has 3 aromatic rings. The molecule has 7 nitrogen and oxygen atoms in total. The van der Waals surface area contributed by atoms with Crippen LogP contribution in [0.5, 0.6) is 0 Å². The zero-order valence-electron chi connectivity index (χ0n) is 24.2. The Morgan fingerprint density at radius 2 is 1.63 bits per heavy atom. The van der Waals surface area contributed by atoms with Crippen molar-refractivity contribution in [2.45, 2.75) is 52.6 Å². The first-order valence-electron chi connectivity index (χ1n) is 13.8. The second-order valence-corrected chi connectivity index (χ2v) is 13.0. The lowest BCUT2D eigenvalue weighted by molar-refractivity contribution is -0.141. The van der Waals surface area contributed by atoms with Crippen LogP contribution in [-0.4, -0.2) is 50.5 Å². The molecule has 1 atom stereocenters. The lowest BCUT2D eigenvalue weighted by atomic mass is 10.0. The number of anilines is 1. The Morgan fingerprint density at radius 1 is 0.951 bits per heavy atom. The summed E-state index contributed by atoms with van der Waals surface area (Å²) in [5.74, 6) is -0.239. The van der Waals surface area contributed by atoms with Crippen LogP contribution >= 0.6 is 11.6 Å². The van der Waals surface area contributed by atoms with Crippen LogP contribution < -0.4 is 9.62 Å². The minimum Gasteiger partial charge on any atom is -0.354 e. The van der Waals surface area contributed by atoms with Crippen LogP contribution in [0.2, 0.25) is 5.02 Å². The summed E-state index contributed by atoms with van der Waals surface area (Å²) in [5, 5.41) is 3.51. The molecule has 3 rings (SSSR count). The van der Waals surface area contributed by atoms with Crippen LogP contribution in [0.4, 0.5) is 5.69 Å². The zero-order valence-corrected chi connectivity index (χ0v) is 25.8. The number of hydrogen-bond donors (Lipinski definition) is 1. The molecule has 0 radical (unpaired) electrons. The lowest BCUT2D eigenvalue weighted by Crippen LogP contribution is -2.51. The maximum Gasteiger partial charge on any atom is 0.243 e. The predicted octanol–water partition coefficient (Wildman–Crippen LogP) is 5.61. The number of nitrogens with one attached hydrogen (secondary N) is 1. The van der Waals surface area contributed by atoms with Crippen LogP contribution in [0.1, 0.15) is 43.4 Å². The molecule has 0 fully saturated rings. The van der Waals surface area contributed by atoms with E-state index in [-0.39, 0.29) is 43.7 Å². The van der Waals surface area contributed by atoms with Gasteiger partial charge < -0.3 is 10.2 Å².